The molecule has 9 nitrogen and oxygen atoms in total. The number of benzene rings is 1. The molecule has 1 aliphatic heterocycles. The maximum absolute atomic E-state index is 12.6. The first-order valence-corrected chi connectivity index (χ1v) is 9.39. The number of hydrogen-bond acceptors (Lipinski definition) is 7. The summed E-state index contributed by atoms with van der Waals surface area (Å²) in [6, 6.07) is 12.2. The first kappa shape index (κ1) is 19.4. The summed E-state index contributed by atoms with van der Waals surface area (Å²) in [7, 11) is 0. The summed E-state index contributed by atoms with van der Waals surface area (Å²) >= 11 is 0. The van der Waals surface area contributed by atoms with Gasteiger partial charge in [-0.2, -0.15) is 5.26 Å². The van der Waals surface area contributed by atoms with Gasteiger partial charge in [0.1, 0.15) is 18.9 Å². The van der Waals surface area contributed by atoms with Crippen LogP contribution in [0.2, 0.25) is 0 Å². The fourth-order valence-corrected chi connectivity index (χ4v) is 3.49. The highest BCUT2D eigenvalue weighted by atomic mass is 16.5. The Morgan fingerprint density at radius 1 is 1.27 bits per heavy atom. The maximum Gasteiger partial charge on any atom is 0.311 e. The molecule has 0 unspecified atom stereocenters. The summed E-state index contributed by atoms with van der Waals surface area (Å²) < 4.78 is 11.8. The van der Waals surface area contributed by atoms with Crippen molar-refractivity contribution in [1.29, 1.82) is 5.26 Å². The Hall–Kier alpha value is -3.93. The van der Waals surface area contributed by atoms with E-state index in [0.29, 0.717) is 23.2 Å². The fourth-order valence-electron chi connectivity index (χ4n) is 3.49. The van der Waals surface area contributed by atoms with E-state index >= 15 is 0 Å². The third-order valence-electron chi connectivity index (χ3n) is 4.99. The van der Waals surface area contributed by atoms with Crippen LogP contribution in [0, 0.1) is 17.2 Å². The zero-order chi connectivity index (χ0) is 21.1. The number of hydrogen-bond donors (Lipinski definition) is 0. The van der Waals surface area contributed by atoms with Gasteiger partial charge in [-0.3, -0.25) is 19.0 Å². The highest BCUT2D eigenvalue weighted by molar-refractivity contribution is 5.86. The normalized spacial score (nSPS) is 16.0. The van der Waals surface area contributed by atoms with Gasteiger partial charge in [-0.15, -0.1) is 0 Å². The van der Waals surface area contributed by atoms with Gasteiger partial charge in [-0.25, -0.2) is 4.98 Å². The second kappa shape index (κ2) is 8.21. The van der Waals surface area contributed by atoms with Crippen molar-refractivity contribution in [3.63, 3.8) is 0 Å². The third kappa shape index (κ3) is 3.80. The summed E-state index contributed by atoms with van der Waals surface area (Å²) in [6.45, 7) is 0.0594. The Morgan fingerprint density at radius 3 is 2.87 bits per heavy atom. The lowest BCUT2D eigenvalue weighted by atomic mass is 10.1. The van der Waals surface area contributed by atoms with E-state index in [-0.39, 0.29) is 43.4 Å². The molecule has 0 radical (unpaired) electrons. The molecule has 0 saturated carbocycles. The molecule has 152 valence electrons. The summed E-state index contributed by atoms with van der Waals surface area (Å²) in [5.41, 5.74) is 0.0947. The molecular weight excluding hydrogens is 388 g/mol. The van der Waals surface area contributed by atoms with Crippen LogP contribution in [0.15, 0.2) is 51.9 Å². The number of rotatable bonds is 6. The smallest absolute Gasteiger partial charge is 0.311 e. The number of furan rings is 1. The highest BCUT2D eigenvalue weighted by Crippen LogP contribution is 2.22. The minimum absolute atomic E-state index is 0.0513. The van der Waals surface area contributed by atoms with E-state index in [1.165, 1.54) is 10.8 Å². The molecule has 0 spiro atoms. The number of nitriles is 1. The Morgan fingerprint density at radius 2 is 2.10 bits per heavy atom. The topological polar surface area (TPSA) is 118 Å². The van der Waals surface area contributed by atoms with Crippen molar-refractivity contribution >= 4 is 22.8 Å². The number of ether oxygens (including phenoxy) is 1. The highest BCUT2D eigenvalue weighted by Gasteiger charge is 2.35. The molecule has 1 amide bonds. The van der Waals surface area contributed by atoms with Crippen molar-refractivity contribution in [2.45, 2.75) is 26.1 Å². The lowest BCUT2D eigenvalue weighted by Crippen LogP contribution is -2.28. The summed E-state index contributed by atoms with van der Waals surface area (Å²) in [6.07, 6.45) is 1.58. The molecular formula is C21H18N4O5. The zero-order valence-corrected chi connectivity index (χ0v) is 16.0. The number of carbonyl (C=O) groups is 2. The quantitative estimate of drug-likeness (QED) is 0.571. The Bertz CT molecular complexity index is 1190. The molecule has 3 aromatic rings. The van der Waals surface area contributed by atoms with Gasteiger partial charge >= 0.3 is 5.97 Å². The molecule has 3 heterocycles. The van der Waals surface area contributed by atoms with Crippen molar-refractivity contribution in [3.8, 4) is 6.07 Å². The zero-order valence-electron chi connectivity index (χ0n) is 16.0. The van der Waals surface area contributed by atoms with Gasteiger partial charge in [-0.05, 0) is 24.3 Å². The molecule has 0 aliphatic carbocycles. The lowest BCUT2D eigenvalue weighted by molar-refractivity contribution is -0.150. The van der Waals surface area contributed by atoms with Crippen LogP contribution in [0.4, 0.5) is 0 Å². The standard InChI is InChI=1S/C21H18N4O5/c22-7-8-25-18(23-17-6-2-1-5-16(17)20(25)27)13-30-21(28)14-10-19(26)24(11-14)12-15-4-3-9-29-15/h1-6,9,14H,8,10-13H2/t14-/m1/s1. The van der Waals surface area contributed by atoms with Gasteiger partial charge < -0.3 is 14.1 Å². The average Bonchev–Trinajstić information content (AvgIpc) is 3.39. The number of likely N-dealkylation sites (tertiary alicyclic amines) is 1. The van der Waals surface area contributed by atoms with Crippen LogP contribution in [-0.4, -0.2) is 32.9 Å². The van der Waals surface area contributed by atoms with Crippen LogP contribution in [0.25, 0.3) is 10.9 Å². The number of esters is 1. The largest absolute Gasteiger partial charge is 0.467 e. The van der Waals surface area contributed by atoms with Crippen LogP contribution in [0.3, 0.4) is 0 Å². The Kier molecular flexibility index (Phi) is 5.30. The van der Waals surface area contributed by atoms with E-state index < -0.39 is 11.9 Å². The van der Waals surface area contributed by atoms with Crippen molar-refractivity contribution in [2.75, 3.05) is 6.54 Å². The molecule has 1 aliphatic rings. The van der Waals surface area contributed by atoms with Crippen molar-refractivity contribution in [3.05, 3.63) is 64.6 Å². The SMILES string of the molecule is N#CCn1c(COC(=O)[C@@H]2CC(=O)N(Cc3ccco3)C2)nc2ccccc2c1=O. The number of fused-ring (bicyclic) bond motifs is 1. The number of para-hydroxylation sites is 1. The Labute approximate surface area is 171 Å². The molecule has 0 bridgehead atoms. The maximum atomic E-state index is 12.6. The monoisotopic (exact) mass is 406 g/mol. The molecule has 1 fully saturated rings. The molecule has 1 atom stereocenters. The van der Waals surface area contributed by atoms with E-state index in [4.69, 9.17) is 14.4 Å². The molecule has 9 heteroatoms. The van der Waals surface area contributed by atoms with Crippen LogP contribution < -0.4 is 5.56 Å². The third-order valence-corrected chi connectivity index (χ3v) is 4.99. The van der Waals surface area contributed by atoms with Crippen LogP contribution in [0.5, 0.6) is 0 Å². The van der Waals surface area contributed by atoms with Gasteiger partial charge in [-0.1, -0.05) is 12.1 Å². The van der Waals surface area contributed by atoms with E-state index in [9.17, 15) is 14.4 Å². The molecule has 4 rings (SSSR count). The first-order valence-electron chi connectivity index (χ1n) is 9.39. The van der Waals surface area contributed by atoms with Gasteiger partial charge in [0.05, 0.1) is 35.7 Å². The fraction of sp³-hybridized carbons (Fsp3) is 0.286. The second-order valence-electron chi connectivity index (χ2n) is 6.96. The molecule has 1 aromatic carbocycles. The van der Waals surface area contributed by atoms with E-state index in [2.05, 4.69) is 4.98 Å². The average molecular weight is 406 g/mol. The number of amides is 1. The number of aromatic nitrogens is 2. The predicted molar refractivity (Wildman–Crippen MR) is 104 cm³/mol. The minimum atomic E-state index is -0.607. The van der Waals surface area contributed by atoms with Crippen molar-refractivity contribution in [2.24, 2.45) is 5.92 Å². The predicted octanol–water partition coefficient (Wildman–Crippen LogP) is 1.60. The van der Waals surface area contributed by atoms with Crippen molar-refractivity contribution < 1.29 is 18.7 Å². The minimum Gasteiger partial charge on any atom is -0.467 e. The van der Waals surface area contributed by atoms with Crippen LogP contribution in [-0.2, 0) is 34.0 Å². The molecule has 0 N–H and O–H groups in total. The summed E-state index contributed by atoms with van der Waals surface area (Å²) in [5.74, 6) is -0.484. The first-order chi connectivity index (χ1) is 14.6. The number of nitrogens with zero attached hydrogens (tertiary/aromatic N) is 4. The van der Waals surface area contributed by atoms with Crippen molar-refractivity contribution in [1.82, 2.24) is 14.5 Å². The molecule has 2 aromatic heterocycles. The van der Waals surface area contributed by atoms with Crippen LogP contribution >= 0.6 is 0 Å². The molecule has 30 heavy (non-hydrogen) atoms. The molecule has 1 saturated heterocycles. The Balaban J connectivity index is 1.47. The van der Waals surface area contributed by atoms with Gasteiger partial charge in [0.2, 0.25) is 5.91 Å². The van der Waals surface area contributed by atoms with E-state index in [1.54, 1.807) is 41.3 Å². The van der Waals surface area contributed by atoms with E-state index in [0.717, 1.165) is 0 Å². The number of carbonyl (C=O) groups excluding carboxylic acids is 2. The summed E-state index contributed by atoms with van der Waals surface area (Å²) in [4.78, 5) is 43.3. The second-order valence-corrected chi connectivity index (χ2v) is 6.96. The lowest BCUT2D eigenvalue weighted by Gasteiger charge is -2.15. The summed E-state index contributed by atoms with van der Waals surface area (Å²) in [5, 5.41) is 9.45. The van der Waals surface area contributed by atoms with Gasteiger partial charge in [0, 0.05) is 13.0 Å². The van der Waals surface area contributed by atoms with Gasteiger partial charge in [0.15, 0.2) is 5.82 Å². The van der Waals surface area contributed by atoms with Crippen LogP contribution in [0.1, 0.15) is 18.0 Å². The van der Waals surface area contributed by atoms with Gasteiger partial charge in [0.25, 0.3) is 5.56 Å². The van der Waals surface area contributed by atoms with E-state index in [1.807, 2.05) is 6.07 Å².